The van der Waals surface area contributed by atoms with Gasteiger partial charge in [0, 0.05) is 17.8 Å². The van der Waals surface area contributed by atoms with Crippen LogP contribution in [0.5, 0.6) is 0 Å². The Balaban J connectivity index is 2.43. The van der Waals surface area contributed by atoms with Gasteiger partial charge in [0.1, 0.15) is 6.04 Å². The predicted molar refractivity (Wildman–Crippen MR) is 62.3 cm³/mol. The summed E-state index contributed by atoms with van der Waals surface area (Å²) in [6, 6.07) is 9.04. The Kier molecular flexibility index (Phi) is 2.66. The number of nitrogens with two attached hydrogens (primary N) is 1. The molecular weight excluding hydrogens is 204 g/mol. The molecule has 1 heterocycles. The van der Waals surface area contributed by atoms with Crippen LogP contribution in [-0.4, -0.2) is 21.7 Å². The van der Waals surface area contributed by atoms with E-state index in [1.165, 1.54) is 0 Å². The maximum absolute atomic E-state index is 10.7. The first kappa shape index (κ1) is 10.7. The van der Waals surface area contributed by atoms with Crippen molar-refractivity contribution < 1.29 is 9.90 Å². The summed E-state index contributed by atoms with van der Waals surface area (Å²) in [5.74, 6) is -0.975. The van der Waals surface area contributed by atoms with Gasteiger partial charge in [-0.1, -0.05) is 18.2 Å². The van der Waals surface area contributed by atoms with E-state index in [2.05, 4.69) is 0 Å². The number of carboxylic acids is 1. The number of hydrogen-bond donors (Lipinski definition) is 2. The second-order valence-corrected chi connectivity index (χ2v) is 3.90. The van der Waals surface area contributed by atoms with Gasteiger partial charge in [0.05, 0.1) is 0 Å². The molecule has 0 radical (unpaired) electrons. The smallest absolute Gasteiger partial charge is 0.322 e. The number of fused-ring (bicyclic) bond motifs is 1. The minimum absolute atomic E-state index is 0.300. The molecule has 0 saturated carbocycles. The third kappa shape index (κ3) is 1.79. The molecule has 0 bridgehead atoms. The van der Waals surface area contributed by atoms with Crippen molar-refractivity contribution in [3.05, 3.63) is 36.0 Å². The molecule has 84 valence electrons. The number of aliphatic carboxylic acids is 1. The summed E-state index contributed by atoms with van der Waals surface area (Å²) in [5, 5.41) is 9.91. The zero-order valence-corrected chi connectivity index (χ0v) is 9.05. The zero-order chi connectivity index (χ0) is 11.7. The summed E-state index contributed by atoms with van der Waals surface area (Å²) < 4.78 is 1.94. The van der Waals surface area contributed by atoms with Gasteiger partial charge in [0.25, 0.3) is 0 Å². The number of nitrogens with zero attached hydrogens (tertiary/aromatic N) is 1. The molecule has 1 aromatic heterocycles. The lowest BCUT2D eigenvalue weighted by atomic mass is 10.2. The molecule has 0 saturated heterocycles. The molecule has 1 aromatic carbocycles. The van der Waals surface area contributed by atoms with Crippen molar-refractivity contribution in [1.29, 1.82) is 0 Å². The Morgan fingerprint density at radius 3 is 2.88 bits per heavy atom. The molecule has 0 aliphatic rings. The Hall–Kier alpha value is -1.81. The summed E-state index contributed by atoms with van der Waals surface area (Å²) in [7, 11) is 0. The largest absolute Gasteiger partial charge is 0.480 e. The average Bonchev–Trinajstić information content (AvgIpc) is 2.55. The second kappa shape index (κ2) is 3.98. The Morgan fingerprint density at radius 2 is 2.19 bits per heavy atom. The maximum Gasteiger partial charge on any atom is 0.322 e. The SMILES string of the molecule is Cc1cc2ccccc2n1CC(N)C(=O)O. The number of aryl methyl sites for hydroxylation is 1. The van der Waals surface area contributed by atoms with E-state index >= 15 is 0 Å². The van der Waals surface area contributed by atoms with Gasteiger partial charge in [-0.05, 0) is 24.4 Å². The second-order valence-electron chi connectivity index (χ2n) is 3.90. The predicted octanol–water partition coefficient (Wildman–Crippen LogP) is 1.36. The zero-order valence-electron chi connectivity index (χ0n) is 9.05. The first-order valence-electron chi connectivity index (χ1n) is 5.13. The lowest BCUT2D eigenvalue weighted by Gasteiger charge is -2.11. The van der Waals surface area contributed by atoms with Crippen LogP contribution in [0.25, 0.3) is 10.9 Å². The summed E-state index contributed by atoms with van der Waals surface area (Å²) in [6.45, 7) is 2.25. The number of aromatic nitrogens is 1. The van der Waals surface area contributed by atoms with Crippen LogP contribution in [0.2, 0.25) is 0 Å². The first-order chi connectivity index (χ1) is 7.59. The van der Waals surface area contributed by atoms with E-state index in [-0.39, 0.29) is 0 Å². The Morgan fingerprint density at radius 1 is 1.50 bits per heavy atom. The van der Waals surface area contributed by atoms with Crippen molar-refractivity contribution in [2.75, 3.05) is 0 Å². The highest BCUT2D eigenvalue weighted by atomic mass is 16.4. The summed E-state index contributed by atoms with van der Waals surface area (Å²) in [5.41, 5.74) is 7.60. The molecule has 3 N–H and O–H groups in total. The number of carboxylic acid groups (broad SMARTS) is 1. The fourth-order valence-electron chi connectivity index (χ4n) is 1.87. The van der Waals surface area contributed by atoms with Crippen molar-refractivity contribution in [3.63, 3.8) is 0 Å². The topological polar surface area (TPSA) is 68.2 Å². The normalized spacial score (nSPS) is 12.9. The van der Waals surface area contributed by atoms with Crippen LogP contribution >= 0.6 is 0 Å². The third-order valence-electron chi connectivity index (χ3n) is 2.71. The maximum atomic E-state index is 10.7. The summed E-state index contributed by atoms with van der Waals surface area (Å²) in [6.07, 6.45) is 0. The van der Waals surface area contributed by atoms with Gasteiger partial charge >= 0.3 is 5.97 Å². The lowest BCUT2D eigenvalue weighted by molar-refractivity contribution is -0.138. The van der Waals surface area contributed by atoms with E-state index < -0.39 is 12.0 Å². The van der Waals surface area contributed by atoms with Crippen LogP contribution in [0.1, 0.15) is 5.69 Å². The molecule has 0 spiro atoms. The monoisotopic (exact) mass is 218 g/mol. The quantitative estimate of drug-likeness (QED) is 0.817. The number of hydrogen-bond acceptors (Lipinski definition) is 2. The summed E-state index contributed by atoms with van der Waals surface area (Å²) >= 11 is 0. The van der Waals surface area contributed by atoms with Gasteiger partial charge < -0.3 is 15.4 Å². The van der Waals surface area contributed by atoms with Crippen LogP contribution in [-0.2, 0) is 11.3 Å². The highest BCUT2D eigenvalue weighted by Gasteiger charge is 2.14. The molecule has 2 rings (SSSR count). The van der Waals surface area contributed by atoms with Crippen LogP contribution in [0.4, 0.5) is 0 Å². The van der Waals surface area contributed by atoms with Gasteiger partial charge in [-0.25, -0.2) is 0 Å². The lowest BCUT2D eigenvalue weighted by Crippen LogP contribution is -2.34. The van der Waals surface area contributed by atoms with E-state index in [9.17, 15) is 4.79 Å². The average molecular weight is 218 g/mol. The van der Waals surface area contributed by atoms with Crippen LogP contribution < -0.4 is 5.73 Å². The third-order valence-corrected chi connectivity index (χ3v) is 2.71. The molecule has 16 heavy (non-hydrogen) atoms. The van der Waals surface area contributed by atoms with Crippen molar-refractivity contribution >= 4 is 16.9 Å². The van der Waals surface area contributed by atoms with Gasteiger partial charge in [0.2, 0.25) is 0 Å². The number of benzene rings is 1. The number of rotatable bonds is 3. The number of carbonyl (C=O) groups is 1. The van der Waals surface area contributed by atoms with Crippen molar-refractivity contribution in [1.82, 2.24) is 4.57 Å². The molecule has 0 aliphatic heterocycles. The molecular formula is C12H14N2O2. The highest BCUT2D eigenvalue weighted by Crippen LogP contribution is 2.19. The van der Waals surface area contributed by atoms with Crippen molar-refractivity contribution in [2.45, 2.75) is 19.5 Å². The highest BCUT2D eigenvalue weighted by molar-refractivity contribution is 5.81. The van der Waals surface area contributed by atoms with E-state index in [4.69, 9.17) is 10.8 Å². The minimum atomic E-state index is -0.975. The minimum Gasteiger partial charge on any atom is -0.480 e. The molecule has 0 aliphatic carbocycles. The molecule has 0 fully saturated rings. The van der Waals surface area contributed by atoms with Gasteiger partial charge in [-0.15, -0.1) is 0 Å². The molecule has 1 atom stereocenters. The molecule has 4 heteroatoms. The van der Waals surface area contributed by atoms with Gasteiger partial charge in [-0.3, -0.25) is 4.79 Å². The van der Waals surface area contributed by atoms with E-state index in [1.54, 1.807) is 0 Å². The van der Waals surface area contributed by atoms with E-state index in [0.717, 1.165) is 16.6 Å². The van der Waals surface area contributed by atoms with E-state index in [1.807, 2.05) is 41.8 Å². The first-order valence-corrected chi connectivity index (χ1v) is 5.13. The Bertz CT molecular complexity index is 531. The van der Waals surface area contributed by atoms with Gasteiger partial charge in [0.15, 0.2) is 0 Å². The number of para-hydroxylation sites is 1. The van der Waals surface area contributed by atoms with E-state index in [0.29, 0.717) is 6.54 Å². The molecule has 2 aromatic rings. The van der Waals surface area contributed by atoms with Crippen LogP contribution in [0.3, 0.4) is 0 Å². The standard InChI is InChI=1S/C12H14N2O2/c1-8-6-9-4-2-3-5-11(9)14(8)7-10(13)12(15)16/h2-6,10H,7,13H2,1H3,(H,15,16). The Labute approximate surface area is 93.3 Å². The molecule has 4 nitrogen and oxygen atoms in total. The van der Waals surface area contributed by atoms with Crippen molar-refractivity contribution in [2.24, 2.45) is 5.73 Å². The van der Waals surface area contributed by atoms with Gasteiger partial charge in [-0.2, -0.15) is 0 Å². The molecule has 1 unspecified atom stereocenters. The van der Waals surface area contributed by atoms with Crippen LogP contribution in [0, 0.1) is 6.92 Å². The fourth-order valence-corrected chi connectivity index (χ4v) is 1.87. The summed E-state index contributed by atoms with van der Waals surface area (Å²) in [4.78, 5) is 10.7. The fraction of sp³-hybridized carbons (Fsp3) is 0.250. The van der Waals surface area contributed by atoms with Crippen LogP contribution in [0.15, 0.2) is 30.3 Å². The molecule has 0 amide bonds. The van der Waals surface area contributed by atoms with Crippen molar-refractivity contribution in [3.8, 4) is 0 Å².